The third-order valence-corrected chi connectivity index (χ3v) is 4.74. The fraction of sp³-hybridized carbons (Fsp3) is 0.286. The number of hydrogen-bond donors (Lipinski definition) is 0. The van der Waals surface area contributed by atoms with Crippen molar-refractivity contribution in [2.24, 2.45) is 0 Å². The maximum Gasteiger partial charge on any atom is 0.258 e. The van der Waals surface area contributed by atoms with Gasteiger partial charge in [0.05, 0.1) is 27.4 Å². The van der Waals surface area contributed by atoms with E-state index in [0.717, 1.165) is 11.3 Å². The van der Waals surface area contributed by atoms with Crippen molar-refractivity contribution >= 4 is 5.91 Å². The van der Waals surface area contributed by atoms with Gasteiger partial charge in [-0.2, -0.15) is 4.98 Å². The van der Waals surface area contributed by atoms with Crippen LogP contribution >= 0.6 is 0 Å². The second-order valence-electron chi connectivity index (χ2n) is 6.53. The molecule has 0 radical (unpaired) electrons. The van der Waals surface area contributed by atoms with E-state index in [1.165, 1.54) is 0 Å². The zero-order valence-electron chi connectivity index (χ0n) is 16.2. The van der Waals surface area contributed by atoms with Gasteiger partial charge in [-0.25, -0.2) is 0 Å². The smallest absolute Gasteiger partial charge is 0.258 e. The maximum absolute atomic E-state index is 12.9. The number of rotatable bonds is 5. The molecule has 0 spiro atoms. The molecule has 1 saturated heterocycles. The summed E-state index contributed by atoms with van der Waals surface area (Å²) in [6.45, 7) is 1.24. The molecule has 1 fully saturated rings. The molecule has 8 heteroatoms. The van der Waals surface area contributed by atoms with Crippen molar-refractivity contribution in [1.82, 2.24) is 15.0 Å². The number of amides is 1. The molecule has 150 valence electrons. The Balaban J connectivity index is 1.48. The molecule has 3 aromatic rings. The minimum absolute atomic E-state index is 0.0870. The zero-order valence-corrected chi connectivity index (χ0v) is 16.2. The van der Waals surface area contributed by atoms with Gasteiger partial charge >= 0.3 is 0 Å². The molecular formula is C21H21N3O5. The van der Waals surface area contributed by atoms with Crippen LogP contribution in [0.4, 0.5) is 0 Å². The van der Waals surface area contributed by atoms with Crippen LogP contribution in [-0.4, -0.2) is 54.9 Å². The van der Waals surface area contributed by atoms with Gasteiger partial charge in [0.15, 0.2) is 0 Å². The van der Waals surface area contributed by atoms with Crippen molar-refractivity contribution in [1.29, 1.82) is 0 Å². The summed E-state index contributed by atoms with van der Waals surface area (Å²) in [7, 11) is 3.18. The van der Waals surface area contributed by atoms with Crippen LogP contribution < -0.4 is 9.47 Å². The van der Waals surface area contributed by atoms with Crippen molar-refractivity contribution in [2.45, 2.75) is 6.10 Å². The van der Waals surface area contributed by atoms with E-state index in [4.69, 9.17) is 18.7 Å². The number of carbonyl (C=O) groups excluding carboxylic acids is 1. The summed E-state index contributed by atoms with van der Waals surface area (Å²) >= 11 is 0. The Kier molecular flexibility index (Phi) is 5.44. The van der Waals surface area contributed by atoms with Crippen LogP contribution in [0.2, 0.25) is 0 Å². The Morgan fingerprint density at radius 1 is 1.10 bits per heavy atom. The van der Waals surface area contributed by atoms with Crippen LogP contribution in [0, 0.1) is 0 Å². The zero-order chi connectivity index (χ0) is 20.2. The number of aromatic nitrogens is 2. The van der Waals surface area contributed by atoms with Crippen molar-refractivity contribution < 1.29 is 23.5 Å². The molecule has 29 heavy (non-hydrogen) atoms. The Morgan fingerprint density at radius 2 is 1.90 bits per heavy atom. The van der Waals surface area contributed by atoms with Crippen molar-refractivity contribution in [3.05, 3.63) is 59.9 Å². The topological polar surface area (TPSA) is 86.9 Å². The number of nitrogens with zero attached hydrogens (tertiary/aromatic N) is 3. The van der Waals surface area contributed by atoms with Gasteiger partial charge in [0.25, 0.3) is 11.8 Å². The highest BCUT2D eigenvalue weighted by Crippen LogP contribution is 2.26. The minimum Gasteiger partial charge on any atom is -0.497 e. The highest BCUT2D eigenvalue weighted by Gasteiger charge is 2.29. The lowest BCUT2D eigenvalue weighted by Crippen LogP contribution is -2.42. The molecular weight excluding hydrogens is 374 g/mol. The molecule has 1 aliphatic rings. The fourth-order valence-corrected chi connectivity index (χ4v) is 3.15. The summed E-state index contributed by atoms with van der Waals surface area (Å²) in [5.74, 6) is 2.11. The average molecular weight is 395 g/mol. The first-order valence-electron chi connectivity index (χ1n) is 9.21. The number of carbonyl (C=O) groups is 1. The fourth-order valence-electron chi connectivity index (χ4n) is 3.15. The van der Waals surface area contributed by atoms with Crippen LogP contribution in [0.25, 0.3) is 11.5 Å². The van der Waals surface area contributed by atoms with E-state index in [2.05, 4.69) is 10.1 Å². The summed E-state index contributed by atoms with van der Waals surface area (Å²) in [4.78, 5) is 19.1. The molecule has 0 aliphatic carbocycles. The lowest BCUT2D eigenvalue weighted by Gasteiger charge is -2.31. The van der Waals surface area contributed by atoms with E-state index < -0.39 is 6.10 Å². The number of ether oxygens (including phenoxy) is 3. The average Bonchev–Trinajstić information content (AvgIpc) is 3.29. The van der Waals surface area contributed by atoms with Gasteiger partial charge in [0.2, 0.25) is 5.82 Å². The molecule has 8 nitrogen and oxygen atoms in total. The Morgan fingerprint density at radius 3 is 2.66 bits per heavy atom. The molecule has 1 aromatic heterocycles. The first-order chi connectivity index (χ1) is 14.2. The molecule has 4 rings (SSSR count). The summed E-state index contributed by atoms with van der Waals surface area (Å²) in [6, 6.07) is 14.4. The summed E-state index contributed by atoms with van der Waals surface area (Å²) in [5.41, 5.74) is 1.35. The summed E-state index contributed by atoms with van der Waals surface area (Å²) < 4.78 is 21.5. The predicted octanol–water partition coefficient (Wildman–Crippen LogP) is 2.97. The minimum atomic E-state index is -0.450. The van der Waals surface area contributed by atoms with E-state index in [9.17, 15) is 4.79 Å². The van der Waals surface area contributed by atoms with E-state index in [-0.39, 0.29) is 5.91 Å². The number of benzene rings is 2. The standard InChI is InChI=1S/C21H21N3O5/c1-26-16-8-6-14(7-9-16)20-22-19(23-29-20)18-13-24(10-11-28-18)21(25)15-4-3-5-17(12-15)27-2/h3-9,12,18H,10-11,13H2,1-2H3/t18-/m1/s1. The van der Waals surface area contributed by atoms with Gasteiger partial charge in [0.1, 0.15) is 17.6 Å². The van der Waals surface area contributed by atoms with Crippen LogP contribution in [0.3, 0.4) is 0 Å². The van der Waals surface area contributed by atoms with Gasteiger partial charge < -0.3 is 23.6 Å². The quantitative estimate of drug-likeness (QED) is 0.656. The van der Waals surface area contributed by atoms with Crippen molar-refractivity contribution in [3.8, 4) is 23.0 Å². The highest BCUT2D eigenvalue weighted by molar-refractivity contribution is 5.94. The second-order valence-corrected chi connectivity index (χ2v) is 6.53. The molecule has 0 unspecified atom stereocenters. The van der Waals surface area contributed by atoms with Gasteiger partial charge in [-0.3, -0.25) is 4.79 Å². The highest BCUT2D eigenvalue weighted by atomic mass is 16.5. The third-order valence-electron chi connectivity index (χ3n) is 4.74. The van der Waals surface area contributed by atoms with Crippen LogP contribution in [-0.2, 0) is 4.74 Å². The molecule has 1 aliphatic heterocycles. The Hall–Kier alpha value is -3.39. The molecule has 0 bridgehead atoms. The Bertz CT molecular complexity index is 986. The number of morpholine rings is 1. The van der Waals surface area contributed by atoms with Crippen molar-refractivity contribution in [2.75, 3.05) is 33.9 Å². The third kappa shape index (κ3) is 4.07. The molecule has 2 aromatic carbocycles. The second kappa shape index (κ2) is 8.32. The first kappa shape index (κ1) is 18.9. The lowest BCUT2D eigenvalue weighted by molar-refractivity contribution is -0.0276. The van der Waals surface area contributed by atoms with Gasteiger partial charge in [-0.05, 0) is 42.5 Å². The lowest BCUT2D eigenvalue weighted by atomic mass is 10.1. The van der Waals surface area contributed by atoms with Gasteiger partial charge in [-0.1, -0.05) is 11.2 Å². The molecule has 0 N–H and O–H groups in total. The van der Waals surface area contributed by atoms with E-state index in [1.807, 2.05) is 24.3 Å². The summed E-state index contributed by atoms with van der Waals surface area (Å²) in [5, 5.41) is 4.05. The molecule has 0 saturated carbocycles. The maximum atomic E-state index is 12.9. The van der Waals surface area contributed by atoms with Crippen LogP contribution in [0.5, 0.6) is 11.5 Å². The van der Waals surface area contributed by atoms with Gasteiger partial charge in [-0.15, -0.1) is 0 Å². The number of methoxy groups -OCH3 is 2. The van der Waals surface area contributed by atoms with E-state index in [0.29, 0.717) is 42.7 Å². The SMILES string of the molecule is COc1ccc(-c2nc([C@H]3CN(C(=O)c4cccc(OC)c4)CCO3)no2)cc1. The molecule has 1 atom stereocenters. The molecule has 2 heterocycles. The first-order valence-corrected chi connectivity index (χ1v) is 9.21. The monoisotopic (exact) mass is 395 g/mol. The summed E-state index contributed by atoms with van der Waals surface area (Å²) in [6.07, 6.45) is -0.450. The largest absolute Gasteiger partial charge is 0.497 e. The predicted molar refractivity (Wildman–Crippen MR) is 104 cm³/mol. The van der Waals surface area contributed by atoms with E-state index in [1.54, 1.807) is 43.4 Å². The van der Waals surface area contributed by atoms with Crippen LogP contribution in [0.15, 0.2) is 53.1 Å². The number of hydrogen-bond acceptors (Lipinski definition) is 7. The van der Waals surface area contributed by atoms with E-state index >= 15 is 0 Å². The van der Waals surface area contributed by atoms with Crippen LogP contribution in [0.1, 0.15) is 22.3 Å². The van der Waals surface area contributed by atoms with Gasteiger partial charge in [0, 0.05) is 17.7 Å². The molecule has 1 amide bonds. The van der Waals surface area contributed by atoms with Crippen molar-refractivity contribution in [3.63, 3.8) is 0 Å². The normalized spacial score (nSPS) is 16.5. The Labute approximate surface area is 168 Å².